The maximum Gasteiger partial charge on any atom is 0.294 e. The third-order valence-corrected chi connectivity index (χ3v) is 5.71. The van der Waals surface area contributed by atoms with Crippen molar-refractivity contribution in [1.29, 1.82) is 0 Å². The predicted molar refractivity (Wildman–Crippen MR) is 128 cm³/mol. The van der Waals surface area contributed by atoms with Crippen LogP contribution in [0.15, 0.2) is 53.3 Å². The minimum Gasteiger partial charge on any atom is -0.497 e. The number of anilines is 2. The number of aromatic nitrogens is 3. The molecule has 10 heteroatoms. The first-order valence-corrected chi connectivity index (χ1v) is 10.9. The summed E-state index contributed by atoms with van der Waals surface area (Å²) in [5, 5.41) is 10.6. The number of rotatable bonds is 6. The maximum absolute atomic E-state index is 13.0. The monoisotopic (exact) mass is 463 g/mol. The molecule has 2 N–H and O–H groups in total. The van der Waals surface area contributed by atoms with Gasteiger partial charge in [-0.3, -0.25) is 14.4 Å². The molecule has 2 amide bonds. The molecule has 2 aromatic heterocycles. The van der Waals surface area contributed by atoms with Crippen LogP contribution >= 0.6 is 11.3 Å². The lowest BCUT2D eigenvalue weighted by atomic mass is 10.1. The molecule has 0 aliphatic heterocycles. The topological polar surface area (TPSA) is 115 Å². The Bertz CT molecular complexity index is 1410. The van der Waals surface area contributed by atoms with Gasteiger partial charge in [-0.25, -0.2) is 9.67 Å². The Kier molecular flexibility index (Phi) is 6.18. The summed E-state index contributed by atoms with van der Waals surface area (Å²) in [6.07, 6.45) is 0. The van der Waals surface area contributed by atoms with Crippen molar-refractivity contribution in [3.05, 3.63) is 63.9 Å². The van der Waals surface area contributed by atoms with Gasteiger partial charge in [0, 0.05) is 23.9 Å². The second kappa shape index (κ2) is 9.21. The van der Waals surface area contributed by atoms with Crippen LogP contribution in [0.1, 0.15) is 11.9 Å². The highest BCUT2D eigenvalue weighted by atomic mass is 32.1. The molecule has 0 saturated carbocycles. The molecule has 0 aliphatic carbocycles. The standard InChI is InChI=1S/C23H21N5O4S/c1-13(29)24-16-5-4-6-17(11-16)26-19(30)12-28-23(31)21-22(33-14(2)25-21)20(27-28)15-7-9-18(32-3)10-8-15/h4-11H,12H2,1-3H3,(H,24,29)(H,26,30). The van der Waals surface area contributed by atoms with Crippen LogP contribution in [0, 0.1) is 6.92 Å². The summed E-state index contributed by atoms with van der Waals surface area (Å²) in [6.45, 7) is 2.93. The first-order chi connectivity index (χ1) is 15.8. The van der Waals surface area contributed by atoms with Crippen LogP contribution in [0.2, 0.25) is 0 Å². The van der Waals surface area contributed by atoms with Crippen LogP contribution in [-0.4, -0.2) is 33.7 Å². The minimum absolute atomic E-state index is 0.216. The molecular weight excluding hydrogens is 442 g/mol. The lowest BCUT2D eigenvalue weighted by Gasteiger charge is -2.10. The average Bonchev–Trinajstić information content (AvgIpc) is 3.17. The van der Waals surface area contributed by atoms with Crippen molar-refractivity contribution in [2.75, 3.05) is 17.7 Å². The second-order valence-electron chi connectivity index (χ2n) is 7.26. The number of aryl methyl sites for hydroxylation is 1. The summed E-state index contributed by atoms with van der Waals surface area (Å²) in [5.41, 5.74) is 2.23. The van der Waals surface area contributed by atoms with Gasteiger partial charge in [-0.2, -0.15) is 5.10 Å². The number of thiazole rings is 1. The van der Waals surface area contributed by atoms with Gasteiger partial charge in [0.2, 0.25) is 11.8 Å². The molecule has 0 atom stereocenters. The van der Waals surface area contributed by atoms with Gasteiger partial charge in [-0.05, 0) is 49.4 Å². The Hall–Kier alpha value is -4.05. The predicted octanol–water partition coefficient (Wildman–Crippen LogP) is 3.43. The molecule has 168 valence electrons. The highest BCUT2D eigenvalue weighted by Crippen LogP contribution is 2.30. The summed E-state index contributed by atoms with van der Waals surface area (Å²) >= 11 is 1.38. The number of methoxy groups -OCH3 is 1. The second-order valence-corrected chi connectivity index (χ2v) is 8.46. The molecule has 0 bridgehead atoms. The van der Waals surface area contributed by atoms with E-state index < -0.39 is 11.5 Å². The summed E-state index contributed by atoms with van der Waals surface area (Å²) in [7, 11) is 1.59. The zero-order valence-electron chi connectivity index (χ0n) is 18.2. The molecule has 2 aromatic carbocycles. The molecule has 2 heterocycles. The summed E-state index contributed by atoms with van der Waals surface area (Å²) in [6, 6.07) is 14.0. The third kappa shape index (κ3) is 4.90. The quantitative estimate of drug-likeness (QED) is 0.453. The van der Waals surface area contributed by atoms with Gasteiger partial charge in [-0.1, -0.05) is 6.07 Å². The number of ether oxygens (including phenoxy) is 1. The van der Waals surface area contributed by atoms with E-state index in [1.807, 2.05) is 19.1 Å². The Morgan fingerprint density at radius 3 is 2.45 bits per heavy atom. The number of hydrogen-bond acceptors (Lipinski definition) is 7. The average molecular weight is 464 g/mol. The fraction of sp³-hybridized carbons (Fsp3) is 0.174. The van der Waals surface area contributed by atoms with Gasteiger partial charge in [0.15, 0.2) is 5.52 Å². The fourth-order valence-corrected chi connectivity index (χ4v) is 4.24. The number of nitrogens with zero attached hydrogens (tertiary/aromatic N) is 3. The normalized spacial score (nSPS) is 10.8. The molecule has 4 aromatic rings. The van der Waals surface area contributed by atoms with E-state index in [4.69, 9.17) is 4.74 Å². The molecule has 0 unspecified atom stereocenters. The van der Waals surface area contributed by atoms with Crippen LogP contribution < -0.4 is 20.9 Å². The Morgan fingerprint density at radius 1 is 1.09 bits per heavy atom. The summed E-state index contributed by atoms with van der Waals surface area (Å²) < 4.78 is 7.00. The Balaban J connectivity index is 1.66. The lowest BCUT2D eigenvalue weighted by Crippen LogP contribution is -2.30. The van der Waals surface area contributed by atoms with Crippen LogP contribution in [0.4, 0.5) is 11.4 Å². The highest BCUT2D eigenvalue weighted by Gasteiger charge is 2.18. The molecule has 0 aliphatic rings. The van der Waals surface area contributed by atoms with E-state index in [2.05, 4.69) is 20.7 Å². The number of amides is 2. The number of benzene rings is 2. The maximum atomic E-state index is 13.0. The van der Waals surface area contributed by atoms with Crippen molar-refractivity contribution in [2.24, 2.45) is 0 Å². The van der Waals surface area contributed by atoms with Crippen LogP contribution in [0.5, 0.6) is 5.75 Å². The van der Waals surface area contributed by atoms with E-state index in [0.717, 1.165) is 15.3 Å². The van der Waals surface area contributed by atoms with Crippen LogP contribution in [-0.2, 0) is 16.1 Å². The van der Waals surface area contributed by atoms with Crippen molar-refractivity contribution >= 4 is 44.7 Å². The SMILES string of the molecule is COc1ccc(-c2nn(CC(=O)Nc3cccc(NC(C)=O)c3)c(=O)c3nc(C)sc23)cc1. The van der Waals surface area contributed by atoms with Crippen LogP contribution in [0.25, 0.3) is 21.5 Å². The number of carbonyl (C=O) groups is 2. The van der Waals surface area contributed by atoms with Crippen LogP contribution in [0.3, 0.4) is 0 Å². The zero-order valence-corrected chi connectivity index (χ0v) is 19.0. The smallest absolute Gasteiger partial charge is 0.294 e. The number of fused-ring (bicyclic) bond motifs is 1. The van der Waals surface area contributed by atoms with E-state index in [-0.39, 0.29) is 18.0 Å². The van der Waals surface area contributed by atoms with Crippen molar-refractivity contribution in [2.45, 2.75) is 20.4 Å². The van der Waals surface area contributed by atoms with Gasteiger partial charge in [-0.15, -0.1) is 11.3 Å². The number of carbonyl (C=O) groups excluding carboxylic acids is 2. The number of hydrogen-bond donors (Lipinski definition) is 2. The molecule has 0 radical (unpaired) electrons. The van der Waals surface area contributed by atoms with Gasteiger partial charge < -0.3 is 15.4 Å². The van der Waals surface area contributed by atoms with E-state index in [1.54, 1.807) is 43.5 Å². The van der Waals surface area contributed by atoms with Gasteiger partial charge in [0.05, 0.1) is 16.8 Å². The van der Waals surface area contributed by atoms with Crippen molar-refractivity contribution < 1.29 is 14.3 Å². The van der Waals surface area contributed by atoms with Crippen molar-refractivity contribution in [3.63, 3.8) is 0 Å². The first-order valence-electron chi connectivity index (χ1n) is 10.0. The molecule has 0 saturated heterocycles. The summed E-state index contributed by atoms with van der Waals surface area (Å²) in [4.78, 5) is 41.3. The van der Waals surface area contributed by atoms with Crippen molar-refractivity contribution in [3.8, 4) is 17.0 Å². The Labute approximate surface area is 193 Å². The van der Waals surface area contributed by atoms with E-state index in [1.165, 1.54) is 18.3 Å². The summed E-state index contributed by atoms with van der Waals surface area (Å²) in [5.74, 6) is 0.0494. The molecule has 0 fully saturated rings. The molecule has 9 nitrogen and oxygen atoms in total. The molecule has 33 heavy (non-hydrogen) atoms. The minimum atomic E-state index is -0.436. The number of nitrogens with one attached hydrogen (secondary N) is 2. The van der Waals surface area contributed by atoms with E-state index >= 15 is 0 Å². The first kappa shape index (κ1) is 22.2. The van der Waals surface area contributed by atoms with Gasteiger partial charge in [0.25, 0.3) is 5.56 Å². The van der Waals surface area contributed by atoms with Crippen molar-refractivity contribution in [1.82, 2.24) is 14.8 Å². The zero-order chi connectivity index (χ0) is 23.5. The highest BCUT2D eigenvalue weighted by molar-refractivity contribution is 7.19. The fourth-order valence-electron chi connectivity index (χ4n) is 3.33. The van der Waals surface area contributed by atoms with Gasteiger partial charge in [0.1, 0.15) is 18.0 Å². The van der Waals surface area contributed by atoms with E-state index in [9.17, 15) is 14.4 Å². The molecule has 0 spiro atoms. The van der Waals surface area contributed by atoms with Gasteiger partial charge >= 0.3 is 0 Å². The molecule has 4 rings (SSSR count). The van der Waals surface area contributed by atoms with E-state index in [0.29, 0.717) is 27.5 Å². The Morgan fingerprint density at radius 2 is 1.79 bits per heavy atom. The third-order valence-electron chi connectivity index (χ3n) is 4.73. The lowest BCUT2D eigenvalue weighted by molar-refractivity contribution is -0.117. The molecular formula is C23H21N5O4S. The largest absolute Gasteiger partial charge is 0.497 e.